The van der Waals surface area contributed by atoms with Gasteiger partial charge in [-0.05, 0) is 112 Å². The summed E-state index contributed by atoms with van der Waals surface area (Å²) in [7, 11) is 3.97. The number of hydrogen-bond acceptors (Lipinski definition) is 23. The van der Waals surface area contributed by atoms with Crippen LogP contribution in [-0.4, -0.2) is 305 Å². The van der Waals surface area contributed by atoms with E-state index in [1.807, 2.05) is 19.9 Å². The molecule has 3 aliphatic heterocycles. The average molecular weight is 1920 g/mol. The van der Waals surface area contributed by atoms with Crippen LogP contribution >= 0.6 is 11.8 Å². The number of H-pyrrole nitrogens is 3. The molecule has 3 saturated heterocycles. The highest BCUT2D eigenvalue weighted by Crippen LogP contribution is 2.31. The lowest BCUT2D eigenvalue weighted by Crippen LogP contribution is -2.60. The summed E-state index contributed by atoms with van der Waals surface area (Å²) in [6.45, 7) is 6.20. The number of unbranched alkanes of at least 4 members (excludes halogenated alkanes) is 2. The zero-order chi connectivity index (χ0) is 100. The van der Waals surface area contributed by atoms with Gasteiger partial charge in [0.1, 0.15) is 66.5 Å². The monoisotopic (exact) mass is 1920 g/mol. The minimum atomic E-state index is -1.79. The Morgan fingerprint density at radius 3 is 1.82 bits per heavy atom. The summed E-state index contributed by atoms with van der Waals surface area (Å²) < 4.78 is 0. The SMILES string of the molecule is CCCC[C@H]1C(=O)N(C)[C@@H](CCCC)C(=O)N[C@@H](CCCNC(=N)N)C(=O)N[C@H](C(=O)NCC(N)=O)CSCC(=O)N[C@@H](Cc2cccc(C#N)c2)C(=O)N(C)[C@@H](C)C(=O)N[C@@H](CC(N)=O)C(=O)N2CCC[C@H]2C(=O)N[C@@H](Cc2cnc[nH]2)C(=O)N[C@@H](CC(C)C)C(=O)N2C[C@H](O)C[C@H]2C(=O)C[C@@H](Cc2c[nH]c3ccccc23)C(=O)N[C@@H](CO)C(=O)C[C@@H](Cc2c[nH]c3ccccc23)C(=O)N1C. The van der Waals surface area contributed by atoms with Crippen LogP contribution in [0.1, 0.15) is 159 Å². The Morgan fingerprint density at radius 2 is 1.20 bits per heavy atom. The number of aromatic amines is 3. The standard InChI is InChI=1S/C94H129N23O19S/c1-9-11-27-73-87(130)107-66(26-18-30-101-94(98)99)85(128)112-72(84(127)104-46-80(97)123)49-137-50-81(124)106-69(34-54-20-17-21-55(33-54)42-95)90(133)113(6)53(5)82(125)109-70(41-79(96)122)91(134)116-31-19-29-74(116)88(131)108-67(39-60-45-100-51-105-60)86(129)110-68(32-52(3)4)92(135)117-47-61(119)40-76(117)78(121)37-56(35-58-43-102-64-24-15-13-22-62(58)64)83(126)111-71(48-118)77(120)38-57(36-59-44-103-65-25-16-14-23-63(59)65)89(132)115(8)75(28-12-10-2)93(136)114(73)7/h13-17,20-25,33,43-45,51-53,56-57,61,66-76,102-103,118-119H,9-12,18-19,26-32,34-41,46-50H2,1-8H3,(H2,96,122)(H2,97,123)(H,100,105)(H,104,127)(H,106,124)(H,107,130)(H,108,131)(H,109,125)(H,110,129)(H,111,126)(H,112,128)(H4,98,99,101)/t53-,56+,57+,61+,66-,67-,68-,69-,70-,71-,72-,73-,74-,75-,76-/m0/s1. The molecule has 0 spiro atoms. The van der Waals surface area contributed by atoms with Crippen molar-refractivity contribution in [3.05, 3.63) is 126 Å². The number of nitrogens with two attached hydrogens (primary N) is 3. The molecule has 3 aromatic carbocycles. The lowest BCUT2D eigenvalue weighted by Gasteiger charge is -2.36. The van der Waals surface area contributed by atoms with Gasteiger partial charge in [-0.2, -0.15) is 5.26 Å². The molecular formula is C94H129N23O19S. The first kappa shape index (κ1) is 107. The van der Waals surface area contributed by atoms with Gasteiger partial charge in [0.05, 0.1) is 55.4 Å². The summed E-state index contributed by atoms with van der Waals surface area (Å²) in [5.41, 5.74) is 20.2. The van der Waals surface area contributed by atoms with E-state index in [9.17, 15) is 58.6 Å². The molecule has 3 aromatic heterocycles. The summed E-state index contributed by atoms with van der Waals surface area (Å²) in [5.74, 6) is -19.7. The van der Waals surface area contributed by atoms with E-state index in [1.54, 1.807) is 80.8 Å². The largest absolute Gasteiger partial charge is 0.394 e. The van der Waals surface area contributed by atoms with E-state index in [1.165, 1.54) is 68.6 Å². The van der Waals surface area contributed by atoms with Crippen LogP contribution < -0.4 is 65.1 Å². The topological polar surface area (TPSA) is 641 Å². The van der Waals surface area contributed by atoms with Crippen molar-refractivity contribution in [3.63, 3.8) is 0 Å². The lowest BCUT2D eigenvalue weighted by atomic mass is 9.88. The predicted molar refractivity (Wildman–Crippen MR) is 505 cm³/mol. The zero-order valence-electron chi connectivity index (χ0n) is 78.5. The maximum Gasteiger partial charge on any atom is 0.246 e. The van der Waals surface area contributed by atoms with Crippen molar-refractivity contribution >= 4 is 140 Å². The first-order valence-electron chi connectivity index (χ1n) is 46.3. The number of aromatic nitrogens is 4. The van der Waals surface area contributed by atoms with Gasteiger partial charge in [-0.1, -0.05) is 102 Å². The van der Waals surface area contributed by atoms with Crippen LogP contribution in [0.15, 0.2) is 97.7 Å². The summed E-state index contributed by atoms with van der Waals surface area (Å²) >= 11 is 0.760. The van der Waals surface area contributed by atoms with E-state index in [0.717, 1.165) is 26.5 Å². The minimum absolute atomic E-state index is 0.00803. The second-order valence-corrected chi connectivity index (χ2v) is 36.8. The van der Waals surface area contributed by atoms with Gasteiger partial charge in [0.15, 0.2) is 17.5 Å². The smallest absolute Gasteiger partial charge is 0.246 e. The number of benzene rings is 3. The fourth-order valence-electron chi connectivity index (χ4n) is 17.5. The molecule has 9 rings (SSSR count). The second kappa shape index (κ2) is 51.3. The van der Waals surface area contributed by atoms with Crippen LogP contribution in [0.4, 0.5) is 0 Å². The summed E-state index contributed by atoms with van der Waals surface area (Å²) in [5, 5.41) is 65.7. The van der Waals surface area contributed by atoms with Crippen molar-refractivity contribution in [3.8, 4) is 6.07 Å². The van der Waals surface area contributed by atoms with Gasteiger partial charge in [-0.3, -0.25) is 86.9 Å². The van der Waals surface area contributed by atoms with E-state index < -0.39 is 247 Å². The molecule has 0 unspecified atom stereocenters. The first-order chi connectivity index (χ1) is 65.3. The number of primary amides is 2. The molecule has 0 bridgehead atoms. The Balaban J connectivity index is 1.11. The highest BCUT2D eigenvalue weighted by molar-refractivity contribution is 8.00. The number of guanidine groups is 1. The average Bonchev–Trinajstić information content (AvgIpc) is 1.70. The van der Waals surface area contributed by atoms with Crippen LogP contribution in [0.2, 0.25) is 0 Å². The minimum Gasteiger partial charge on any atom is -0.394 e. The number of rotatable bonds is 26. The number of nitriles is 1. The van der Waals surface area contributed by atoms with E-state index in [0.29, 0.717) is 69.9 Å². The lowest BCUT2D eigenvalue weighted by molar-refractivity contribution is -0.150. The van der Waals surface area contributed by atoms with Gasteiger partial charge in [0.2, 0.25) is 88.6 Å². The van der Waals surface area contributed by atoms with Crippen LogP contribution in [0.25, 0.3) is 21.8 Å². The Labute approximate surface area is 797 Å². The normalized spacial score (nSPS) is 24.6. The Kier molecular flexibility index (Phi) is 40.1. The Morgan fingerprint density at radius 1 is 0.599 bits per heavy atom. The molecule has 0 radical (unpaired) electrons. The number of thioether (sulfide) groups is 1. The highest BCUT2D eigenvalue weighted by atomic mass is 32.2. The van der Waals surface area contributed by atoms with Gasteiger partial charge >= 0.3 is 0 Å². The third-order valence-corrected chi connectivity index (χ3v) is 26.1. The van der Waals surface area contributed by atoms with Crippen molar-refractivity contribution in [2.24, 2.45) is 35.0 Å². The van der Waals surface area contributed by atoms with E-state index >= 15 is 38.4 Å². The molecular weight excluding hydrogens is 1790 g/mol. The third-order valence-electron chi connectivity index (χ3n) is 25.0. The van der Waals surface area contributed by atoms with Crippen LogP contribution in [0.5, 0.6) is 0 Å². The zero-order valence-corrected chi connectivity index (χ0v) is 79.3. The highest BCUT2D eigenvalue weighted by Gasteiger charge is 2.47. The number of hydrogen-bond donors (Lipinski definition) is 18. The molecule has 21 N–H and O–H groups in total. The van der Waals surface area contributed by atoms with E-state index in [-0.39, 0.29) is 102 Å². The Bertz CT molecular complexity index is 5370. The molecule has 3 aliphatic rings. The maximum atomic E-state index is 15.8. The number of nitrogens with zero attached hydrogens (tertiary/aromatic N) is 7. The summed E-state index contributed by atoms with van der Waals surface area (Å²) in [6, 6.07) is 4.06. The fourth-order valence-corrected chi connectivity index (χ4v) is 18.3. The molecule has 43 heteroatoms. The van der Waals surface area contributed by atoms with E-state index in [4.69, 9.17) is 22.6 Å². The molecule has 42 nitrogen and oxygen atoms in total. The number of aliphatic hydroxyl groups excluding tert-OH is 2. The molecule has 6 aromatic rings. The number of carbonyl (C=O) groups excluding carboxylic acids is 17. The molecule has 740 valence electrons. The predicted octanol–water partition coefficient (Wildman–Crippen LogP) is -0.582. The second-order valence-electron chi connectivity index (χ2n) is 35.7. The molecule has 0 saturated carbocycles. The van der Waals surface area contributed by atoms with Gasteiger partial charge in [0, 0.05) is 137 Å². The van der Waals surface area contributed by atoms with Crippen molar-refractivity contribution in [1.82, 2.24) is 92.3 Å². The van der Waals surface area contributed by atoms with Crippen LogP contribution in [0, 0.1) is 34.5 Å². The maximum absolute atomic E-state index is 15.8. The molecule has 137 heavy (non-hydrogen) atoms. The number of nitrogens with one attached hydrogen (secondary N) is 13. The molecule has 15 amide bonds. The summed E-state index contributed by atoms with van der Waals surface area (Å²) in [6.07, 6.45) is 2.96. The van der Waals surface area contributed by atoms with Gasteiger partial charge < -0.3 is 115 Å². The number of amides is 15. The van der Waals surface area contributed by atoms with Crippen molar-refractivity contribution < 1.29 is 91.7 Å². The number of likely N-dealkylation sites (N-methyl/N-ethyl adjacent to an activating group) is 3. The molecule has 15 atom stereocenters. The van der Waals surface area contributed by atoms with Crippen molar-refractivity contribution in [1.29, 1.82) is 10.7 Å². The quantitative estimate of drug-likeness (QED) is 0.0183. The van der Waals surface area contributed by atoms with Crippen molar-refractivity contribution in [2.45, 2.75) is 235 Å². The number of fused-ring (bicyclic) bond motifs is 4. The Hall–Kier alpha value is -13.6. The van der Waals surface area contributed by atoms with Gasteiger partial charge in [0.25, 0.3) is 0 Å². The fraction of sp³-hybridized carbons (Fsp3) is 0.532. The van der Waals surface area contributed by atoms with E-state index in [2.05, 4.69) is 67.8 Å². The number of Topliss-reactive ketones (excluding diaryl/α,β-unsaturated/α-hetero) is 2. The number of carbonyl (C=O) groups is 17. The number of aliphatic hydroxyl groups is 2. The van der Waals surface area contributed by atoms with Crippen molar-refractivity contribution in [2.75, 3.05) is 65.4 Å². The third kappa shape index (κ3) is 29.9. The number of ketones is 2. The van der Waals surface area contributed by atoms with Gasteiger partial charge in [-0.25, -0.2) is 4.98 Å². The number of para-hydroxylation sites is 2. The van der Waals surface area contributed by atoms with Gasteiger partial charge in [-0.15, -0.1) is 11.8 Å². The first-order valence-corrected chi connectivity index (χ1v) is 47.4. The molecule has 3 fully saturated rings. The van der Waals surface area contributed by atoms with Crippen LogP contribution in [0.3, 0.4) is 0 Å². The molecule has 0 aliphatic carbocycles. The van der Waals surface area contributed by atoms with Crippen LogP contribution in [-0.2, 0) is 107 Å². The number of imidazole rings is 1. The summed E-state index contributed by atoms with van der Waals surface area (Å²) in [4.78, 5) is 271. The molecule has 6 heterocycles.